The molecule has 17 nitrogen and oxygen atoms in total. The molecule has 300 valence electrons. The molecule has 4 rings (SSSR count). The molecule has 0 aliphatic rings. The van der Waals surface area contributed by atoms with Crippen molar-refractivity contribution in [2.24, 2.45) is 0 Å². The van der Waals surface area contributed by atoms with Crippen LogP contribution < -0.4 is 26.6 Å². The smallest absolute Gasteiger partial charge is 0.329 e. The Morgan fingerprint density at radius 2 is 1.11 bits per heavy atom. The molecule has 1 aromatic heterocycles. The number of benzene rings is 3. The molecule has 57 heavy (non-hydrogen) atoms. The summed E-state index contributed by atoms with van der Waals surface area (Å²) in [5, 5.41) is 29.3. The van der Waals surface area contributed by atoms with Gasteiger partial charge in [0.05, 0.1) is 12.7 Å². The highest BCUT2D eigenvalue weighted by Gasteiger charge is 2.29. The van der Waals surface area contributed by atoms with Crippen LogP contribution in [0.4, 0.5) is 0 Å². The molecule has 0 saturated heterocycles. The molecule has 0 spiro atoms. The van der Waals surface area contributed by atoms with Gasteiger partial charge >= 0.3 is 11.9 Å². The lowest BCUT2D eigenvalue weighted by molar-refractivity contribution is -0.158. The maximum atomic E-state index is 13.5. The van der Waals surface area contributed by atoms with Crippen molar-refractivity contribution >= 4 is 41.5 Å². The first-order chi connectivity index (χ1) is 27.1. The van der Waals surface area contributed by atoms with E-state index in [1.807, 2.05) is 30.3 Å². The highest BCUT2D eigenvalue weighted by Crippen LogP contribution is 2.12. The normalized spacial score (nSPS) is 12.5. The van der Waals surface area contributed by atoms with Crippen LogP contribution >= 0.6 is 0 Å². The Labute approximate surface area is 328 Å². The van der Waals surface area contributed by atoms with E-state index in [-0.39, 0.29) is 25.0 Å². The number of carbonyl (C=O) groups excluding carboxylic acids is 6. The number of rotatable bonds is 19. The number of nitrogens with one attached hydrogen (secondary N) is 5. The molecule has 6 N–H and O–H groups in total. The zero-order chi connectivity index (χ0) is 41.4. The van der Waals surface area contributed by atoms with E-state index >= 15 is 0 Å². The fourth-order valence-electron chi connectivity index (χ4n) is 5.46. The summed E-state index contributed by atoms with van der Waals surface area (Å²) in [5.74, 6) is -5.46. The third-order valence-corrected chi connectivity index (χ3v) is 8.06. The highest BCUT2D eigenvalue weighted by molar-refractivity contribution is 5.97. The third kappa shape index (κ3) is 15.0. The molecular weight excluding hydrogens is 736 g/mol. The van der Waals surface area contributed by atoms with Gasteiger partial charge in [0.15, 0.2) is 5.69 Å². The predicted molar refractivity (Wildman–Crippen MR) is 205 cm³/mol. The van der Waals surface area contributed by atoms with Gasteiger partial charge in [0.2, 0.25) is 23.6 Å². The molecule has 1 heterocycles. The summed E-state index contributed by atoms with van der Waals surface area (Å²) in [4.78, 5) is 89.6. The summed E-state index contributed by atoms with van der Waals surface area (Å²) >= 11 is 0. The van der Waals surface area contributed by atoms with E-state index < -0.39 is 84.8 Å². The number of nitrogens with zero attached hydrogens (tertiary/aromatic N) is 3. The minimum Gasteiger partial charge on any atom is -0.480 e. The largest absolute Gasteiger partial charge is 0.480 e. The number of carbonyl (C=O) groups is 7. The average molecular weight is 783 g/mol. The Morgan fingerprint density at radius 1 is 0.649 bits per heavy atom. The number of aliphatic carboxylic acids is 1. The second kappa shape index (κ2) is 20.7. The third-order valence-electron chi connectivity index (χ3n) is 8.06. The van der Waals surface area contributed by atoms with Crippen molar-refractivity contribution < 1.29 is 43.4 Å². The van der Waals surface area contributed by atoms with Crippen LogP contribution in [0.3, 0.4) is 0 Å². The monoisotopic (exact) mass is 782 g/mol. The van der Waals surface area contributed by atoms with Gasteiger partial charge in [-0.1, -0.05) is 96.2 Å². The lowest BCUT2D eigenvalue weighted by Gasteiger charge is -2.24. The minimum atomic E-state index is -1.26. The zero-order valence-corrected chi connectivity index (χ0v) is 31.8. The van der Waals surface area contributed by atoms with E-state index in [2.05, 4.69) is 36.9 Å². The Kier molecular flexibility index (Phi) is 15.5. The fourth-order valence-corrected chi connectivity index (χ4v) is 5.46. The number of ether oxygens (including phenoxy) is 1. The van der Waals surface area contributed by atoms with Crippen molar-refractivity contribution in [2.75, 3.05) is 13.1 Å². The number of esters is 1. The van der Waals surface area contributed by atoms with Gasteiger partial charge in [0.1, 0.15) is 36.8 Å². The zero-order valence-electron chi connectivity index (χ0n) is 31.8. The molecule has 17 heteroatoms. The van der Waals surface area contributed by atoms with Crippen LogP contribution in [-0.4, -0.2) is 98.4 Å². The molecule has 5 amide bonds. The number of hydrogen-bond donors (Lipinski definition) is 6. The van der Waals surface area contributed by atoms with Crippen molar-refractivity contribution in [1.29, 1.82) is 0 Å². The summed E-state index contributed by atoms with van der Waals surface area (Å²) in [7, 11) is 0. The summed E-state index contributed by atoms with van der Waals surface area (Å²) in [6.45, 7) is 3.55. The van der Waals surface area contributed by atoms with E-state index in [4.69, 9.17) is 9.84 Å². The van der Waals surface area contributed by atoms with Crippen molar-refractivity contribution in [1.82, 2.24) is 41.6 Å². The minimum absolute atomic E-state index is 0.0261. The quantitative estimate of drug-likeness (QED) is 0.0725. The van der Waals surface area contributed by atoms with Crippen LogP contribution in [0.5, 0.6) is 0 Å². The number of aromatic nitrogens is 3. The second-order valence-corrected chi connectivity index (χ2v) is 14.0. The Balaban J connectivity index is 1.39. The first-order valence-corrected chi connectivity index (χ1v) is 18.1. The van der Waals surface area contributed by atoms with Crippen LogP contribution in [0.15, 0.2) is 97.2 Å². The molecule has 3 atom stereocenters. The Morgan fingerprint density at radius 3 is 1.60 bits per heavy atom. The van der Waals surface area contributed by atoms with E-state index in [0.29, 0.717) is 11.1 Å². The second-order valence-electron chi connectivity index (χ2n) is 14.0. The molecule has 0 unspecified atom stereocenters. The van der Waals surface area contributed by atoms with Gasteiger partial charge in [-0.05, 0) is 37.5 Å². The number of amides is 5. The fraction of sp³-hybridized carbons (Fsp3) is 0.325. The standard InChI is InChI=1S/C40H46N8O9/c1-40(2,3)57-39(56)31(21-28-17-11-6-12-18-28)44-34(50)25-48-24-32(46-47-48)38(55)45-30(20-27-15-9-5-10-16-27)37(54)41-22-33(49)43-29(36(53)42-23-35(51)52)19-26-13-7-4-8-14-26/h4-18,24,29-31H,19-23,25H2,1-3H3,(H,41,54)(H,42,53)(H,43,49)(H,44,50)(H,45,55)(H,51,52)/t29-,30-,31-/m0/s1. The van der Waals surface area contributed by atoms with Gasteiger partial charge in [0.25, 0.3) is 5.91 Å². The van der Waals surface area contributed by atoms with Crippen LogP contribution in [0.2, 0.25) is 0 Å². The molecule has 0 saturated carbocycles. The van der Waals surface area contributed by atoms with Crippen LogP contribution in [0.25, 0.3) is 0 Å². The van der Waals surface area contributed by atoms with Gasteiger partial charge in [-0.3, -0.25) is 28.8 Å². The van der Waals surface area contributed by atoms with E-state index in [1.165, 1.54) is 6.20 Å². The summed E-state index contributed by atoms with van der Waals surface area (Å²) in [6, 6.07) is 23.3. The van der Waals surface area contributed by atoms with Crippen molar-refractivity contribution in [3.63, 3.8) is 0 Å². The number of hydrogen-bond acceptors (Lipinski definition) is 10. The van der Waals surface area contributed by atoms with Crippen LogP contribution in [0.1, 0.15) is 48.0 Å². The molecule has 3 aromatic carbocycles. The lowest BCUT2D eigenvalue weighted by Crippen LogP contribution is -2.53. The SMILES string of the molecule is CC(C)(C)OC(=O)[C@H](Cc1ccccc1)NC(=O)Cn1cc(C(=O)N[C@@H](Cc2ccccc2)C(=O)NCC(=O)N[C@@H](Cc2ccccc2)C(=O)NCC(=O)O)nn1. The summed E-state index contributed by atoms with van der Waals surface area (Å²) in [6.07, 6.45) is 1.47. The van der Waals surface area contributed by atoms with Crippen molar-refractivity contribution in [3.8, 4) is 0 Å². The Hall–Kier alpha value is -6.91. The van der Waals surface area contributed by atoms with Crippen molar-refractivity contribution in [2.45, 2.75) is 70.3 Å². The van der Waals surface area contributed by atoms with Crippen molar-refractivity contribution in [3.05, 3.63) is 120 Å². The van der Waals surface area contributed by atoms with Gasteiger partial charge in [-0.2, -0.15) is 0 Å². The summed E-state index contributed by atoms with van der Waals surface area (Å²) < 4.78 is 6.63. The topological polar surface area (TPSA) is 240 Å². The molecule has 0 aliphatic heterocycles. The molecule has 0 radical (unpaired) electrons. The van der Waals surface area contributed by atoms with Gasteiger partial charge < -0.3 is 36.4 Å². The number of carboxylic acids is 1. The maximum absolute atomic E-state index is 13.5. The first kappa shape index (κ1) is 42.8. The molecule has 0 fully saturated rings. The molecule has 4 aromatic rings. The molecule has 0 aliphatic carbocycles. The maximum Gasteiger partial charge on any atom is 0.329 e. The lowest BCUT2D eigenvalue weighted by atomic mass is 10.0. The number of carboxylic acid groups (broad SMARTS) is 1. The predicted octanol–water partition coefficient (Wildman–Crippen LogP) is 0.733. The summed E-state index contributed by atoms with van der Waals surface area (Å²) in [5.41, 5.74) is 1.19. The molecule has 0 bridgehead atoms. The van der Waals surface area contributed by atoms with Gasteiger partial charge in [-0.15, -0.1) is 5.10 Å². The molecular formula is C40H46N8O9. The van der Waals surface area contributed by atoms with Crippen LogP contribution in [0, 0.1) is 0 Å². The average Bonchev–Trinajstić information content (AvgIpc) is 3.64. The van der Waals surface area contributed by atoms with Gasteiger partial charge in [-0.25, -0.2) is 9.48 Å². The van der Waals surface area contributed by atoms with E-state index in [9.17, 15) is 33.6 Å². The first-order valence-electron chi connectivity index (χ1n) is 18.1. The van der Waals surface area contributed by atoms with Crippen LogP contribution in [-0.2, 0) is 59.3 Å². The van der Waals surface area contributed by atoms with Gasteiger partial charge in [0, 0.05) is 19.3 Å². The Bertz CT molecular complexity index is 2000. The highest BCUT2D eigenvalue weighted by atomic mass is 16.6. The van der Waals surface area contributed by atoms with E-state index in [1.54, 1.807) is 81.4 Å². The van der Waals surface area contributed by atoms with E-state index in [0.717, 1.165) is 10.2 Å².